The molecule has 7 rings (SSSR count). The van der Waals surface area contributed by atoms with Crippen LogP contribution in [0.3, 0.4) is 0 Å². The average molecular weight is 500 g/mol. The summed E-state index contributed by atoms with van der Waals surface area (Å²) >= 11 is 0. The van der Waals surface area contributed by atoms with E-state index in [0.717, 1.165) is 37.2 Å². The molecular formula is C30H31N2O5+. The number of rotatable bonds is 8. The quantitative estimate of drug-likeness (QED) is 0.277. The molecule has 4 aliphatic rings. The molecule has 2 bridgehead atoms. The van der Waals surface area contributed by atoms with Crippen LogP contribution in [-0.2, 0) is 9.53 Å². The first kappa shape index (κ1) is 23.6. The third-order valence-electron chi connectivity index (χ3n) is 7.94. The number of hydrogen-bond acceptors (Lipinski definition) is 6. The first-order valence-corrected chi connectivity index (χ1v) is 12.9. The highest BCUT2D eigenvalue weighted by molar-refractivity contribution is 5.97. The van der Waals surface area contributed by atoms with Gasteiger partial charge in [-0.2, -0.15) is 0 Å². The van der Waals surface area contributed by atoms with Gasteiger partial charge in [-0.1, -0.05) is 48.5 Å². The maximum atomic E-state index is 13.6. The van der Waals surface area contributed by atoms with E-state index in [4.69, 9.17) is 14.2 Å². The van der Waals surface area contributed by atoms with Gasteiger partial charge in [0.15, 0.2) is 23.6 Å². The summed E-state index contributed by atoms with van der Waals surface area (Å²) in [4.78, 5) is 26.9. The van der Waals surface area contributed by atoms with Gasteiger partial charge in [0.25, 0.3) is 0 Å². The zero-order valence-electron chi connectivity index (χ0n) is 20.7. The molecule has 0 spiro atoms. The fourth-order valence-corrected chi connectivity index (χ4v) is 5.88. The first-order chi connectivity index (χ1) is 18.1. The van der Waals surface area contributed by atoms with Crippen LogP contribution in [0.25, 0.3) is 0 Å². The molecule has 3 saturated heterocycles. The molecule has 4 aliphatic heterocycles. The Balaban J connectivity index is 1.17. The first-order valence-electron chi connectivity index (χ1n) is 12.9. The normalized spacial score (nSPS) is 24.3. The van der Waals surface area contributed by atoms with E-state index < -0.39 is 6.04 Å². The molecule has 7 nitrogen and oxygen atoms in total. The number of ether oxygens (including phenoxy) is 3. The lowest BCUT2D eigenvalue weighted by Crippen LogP contribution is -2.65. The second kappa shape index (κ2) is 9.90. The van der Waals surface area contributed by atoms with Crippen LogP contribution < -0.4 is 14.8 Å². The topological polar surface area (TPSA) is 73.9 Å². The van der Waals surface area contributed by atoms with Gasteiger partial charge in [-0.25, -0.2) is 4.79 Å². The largest absolute Gasteiger partial charge is 0.454 e. The van der Waals surface area contributed by atoms with Crippen LogP contribution in [0.4, 0.5) is 5.69 Å². The SMILES string of the molecule is O=C(C[N+]12CCC(CC1)[C@@H](OC(=O)C(Nc1ccccc1)c1ccccc1)C2)c1ccc2c(c1)OCO2. The van der Waals surface area contributed by atoms with E-state index in [-0.39, 0.29) is 24.6 Å². The number of quaternary nitrogens is 1. The Labute approximate surface area is 216 Å². The third-order valence-corrected chi connectivity index (χ3v) is 7.94. The van der Waals surface area contributed by atoms with Crippen molar-refractivity contribution >= 4 is 17.4 Å². The van der Waals surface area contributed by atoms with Crippen LogP contribution >= 0.6 is 0 Å². The molecule has 190 valence electrons. The van der Waals surface area contributed by atoms with Gasteiger partial charge in [0.1, 0.15) is 13.1 Å². The Bertz CT molecular complexity index is 1270. The molecule has 0 aliphatic carbocycles. The molecule has 7 heteroatoms. The molecule has 3 aromatic carbocycles. The van der Waals surface area contributed by atoms with Crippen LogP contribution in [0.5, 0.6) is 11.5 Å². The van der Waals surface area contributed by atoms with Crippen LogP contribution in [0.2, 0.25) is 0 Å². The minimum atomic E-state index is -0.609. The third kappa shape index (κ3) is 4.91. The van der Waals surface area contributed by atoms with E-state index >= 15 is 0 Å². The number of carbonyl (C=O) groups excluding carboxylic acids is 2. The van der Waals surface area contributed by atoms with Gasteiger partial charge in [0.2, 0.25) is 12.6 Å². The fraction of sp³-hybridized carbons (Fsp3) is 0.333. The molecule has 37 heavy (non-hydrogen) atoms. The minimum absolute atomic E-state index is 0.0802. The number of Topliss-reactive ketones (excluding diaryl/α,β-unsaturated/α-hetero) is 1. The zero-order chi connectivity index (χ0) is 25.2. The number of nitrogens with one attached hydrogen (secondary N) is 1. The highest BCUT2D eigenvalue weighted by Crippen LogP contribution is 2.38. The molecule has 1 unspecified atom stereocenters. The molecule has 0 aromatic heterocycles. The number of para-hydroxylation sites is 1. The molecule has 1 N–H and O–H groups in total. The van der Waals surface area contributed by atoms with Crippen LogP contribution in [-0.4, -0.2) is 55.3 Å². The van der Waals surface area contributed by atoms with Crippen molar-refractivity contribution in [2.45, 2.75) is 25.0 Å². The number of nitrogens with zero attached hydrogens (tertiary/aromatic N) is 1. The smallest absolute Gasteiger partial charge is 0.333 e. The number of fused-ring (bicyclic) bond motifs is 4. The van der Waals surface area contributed by atoms with Gasteiger partial charge in [0.05, 0.1) is 13.1 Å². The van der Waals surface area contributed by atoms with E-state index in [2.05, 4.69) is 5.32 Å². The summed E-state index contributed by atoms with van der Waals surface area (Å²) in [5.74, 6) is 1.42. The lowest BCUT2D eigenvalue weighted by Gasteiger charge is -2.51. The van der Waals surface area contributed by atoms with E-state index in [9.17, 15) is 9.59 Å². The summed E-state index contributed by atoms with van der Waals surface area (Å²) in [5.41, 5.74) is 2.36. The highest BCUT2D eigenvalue weighted by atomic mass is 16.7. The predicted molar refractivity (Wildman–Crippen MR) is 138 cm³/mol. The molecule has 4 heterocycles. The number of ketones is 1. The van der Waals surface area contributed by atoms with Crippen molar-refractivity contribution in [2.75, 3.05) is 38.3 Å². The summed E-state index contributed by atoms with van der Waals surface area (Å²) in [6.45, 7) is 3.10. The molecule has 3 fully saturated rings. The summed E-state index contributed by atoms with van der Waals surface area (Å²) in [6, 6.07) is 24.2. The molecule has 0 saturated carbocycles. The maximum absolute atomic E-state index is 13.6. The molecule has 2 atom stereocenters. The number of esters is 1. The number of benzene rings is 3. The average Bonchev–Trinajstić information content (AvgIpc) is 3.41. The van der Waals surface area contributed by atoms with Crippen molar-refractivity contribution in [1.82, 2.24) is 0 Å². The summed E-state index contributed by atoms with van der Waals surface area (Å²) in [5, 5.41) is 3.36. The Hall–Kier alpha value is -3.84. The fourth-order valence-electron chi connectivity index (χ4n) is 5.88. The van der Waals surface area contributed by atoms with Crippen molar-refractivity contribution in [3.05, 3.63) is 90.0 Å². The number of piperidine rings is 3. The Morgan fingerprint density at radius 3 is 2.38 bits per heavy atom. The van der Waals surface area contributed by atoms with Gasteiger partial charge >= 0.3 is 5.97 Å². The lowest BCUT2D eigenvalue weighted by atomic mass is 9.82. The van der Waals surface area contributed by atoms with Gasteiger partial charge in [-0.15, -0.1) is 0 Å². The molecular weight excluding hydrogens is 468 g/mol. The lowest BCUT2D eigenvalue weighted by molar-refractivity contribution is -0.938. The minimum Gasteiger partial charge on any atom is -0.454 e. The van der Waals surface area contributed by atoms with E-state index in [1.807, 2.05) is 66.7 Å². The Morgan fingerprint density at radius 2 is 1.62 bits per heavy atom. The van der Waals surface area contributed by atoms with Crippen LogP contribution in [0.1, 0.15) is 34.8 Å². The molecule has 0 amide bonds. The second-order valence-corrected chi connectivity index (χ2v) is 10.3. The standard InChI is InChI=1S/C30H31N2O5/c33-25(23-11-12-26-27(17-23)36-20-35-26)18-32-15-13-21(14-16-32)28(19-32)37-30(34)29(22-7-3-1-4-8-22)31-24-9-5-2-6-10-24/h1-12,17,21,28-29,31H,13-16,18-20H2/q+1/t21?,28-,29?,32?/m0/s1. The summed E-state index contributed by atoms with van der Waals surface area (Å²) < 4.78 is 17.7. The monoisotopic (exact) mass is 499 g/mol. The van der Waals surface area contributed by atoms with E-state index in [0.29, 0.717) is 40.6 Å². The number of hydrogen-bond donors (Lipinski definition) is 1. The van der Waals surface area contributed by atoms with Gasteiger partial charge in [0, 0.05) is 30.0 Å². The van der Waals surface area contributed by atoms with Crippen LogP contribution in [0, 0.1) is 5.92 Å². The van der Waals surface area contributed by atoms with Crippen molar-refractivity contribution in [2.24, 2.45) is 5.92 Å². The highest BCUT2D eigenvalue weighted by Gasteiger charge is 2.49. The predicted octanol–water partition coefficient (Wildman–Crippen LogP) is 4.60. The van der Waals surface area contributed by atoms with Crippen molar-refractivity contribution in [1.29, 1.82) is 0 Å². The van der Waals surface area contributed by atoms with E-state index in [1.54, 1.807) is 12.1 Å². The van der Waals surface area contributed by atoms with Crippen molar-refractivity contribution in [3.63, 3.8) is 0 Å². The van der Waals surface area contributed by atoms with Gasteiger partial charge in [-0.05, 0) is 35.9 Å². The maximum Gasteiger partial charge on any atom is 0.333 e. The van der Waals surface area contributed by atoms with Crippen molar-refractivity contribution < 1.29 is 28.3 Å². The zero-order valence-corrected chi connectivity index (χ0v) is 20.7. The second-order valence-electron chi connectivity index (χ2n) is 10.3. The van der Waals surface area contributed by atoms with Gasteiger partial charge in [-0.3, -0.25) is 4.79 Å². The van der Waals surface area contributed by atoms with Gasteiger partial charge < -0.3 is 24.0 Å². The molecule has 3 aromatic rings. The number of anilines is 1. The van der Waals surface area contributed by atoms with Crippen molar-refractivity contribution in [3.8, 4) is 11.5 Å². The Kier molecular flexibility index (Phi) is 6.30. The van der Waals surface area contributed by atoms with E-state index in [1.165, 1.54) is 0 Å². The summed E-state index contributed by atoms with van der Waals surface area (Å²) in [6.07, 6.45) is 1.70. The number of carbonyl (C=O) groups is 2. The van der Waals surface area contributed by atoms with Crippen LogP contribution in [0.15, 0.2) is 78.9 Å². The molecule has 0 radical (unpaired) electrons. The summed E-state index contributed by atoms with van der Waals surface area (Å²) in [7, 11) is 0. The Morgan fingerprint density at radius 1 is 0.919 bits per heavy atom.